The number of nitrogens with zero attached hydrogens (tertiary/aromatic N) is 4. The van der Waals surface area contributed by atoms with E-state index in [1.54, 1.807) is 24.5 Å². The summed E-state index contributed by atoms with van der Waals surface area (Å²) in [5, 5.41) is 26.4. The minimum atomic E-state index is -0.167. The summed E-state index contributed by atoms with van der Waals surface area (Å²) in [5.41, 5.74) is 8.49. The van der Waals surface area contributed by atoms with Gasteiger partial charge in [-0.05, 0) is 30.5 Å². The van der Waals surface area contributed by atoms with Crippen molar-refractivity contribution < 1.29 is 10.2 Å². The molecule has 0 aliphatic heterocycles. The quantitative estimate of drug-likeness (QED) is 0.179. The van der Waals surface area contributed by atoms with Gasteiger partial charge in [-0.1, -0.05) is 33.6 Å². The molecule has 0 aliphatic carbocycles. The van der Waals surface area contributed by atoms with Crippen molar-refractivity contribution in [3.63, 3.8) is 0 Å². The molecule has 31 heavy (non-hydrogen) atoms. The number of aliphatic hydroxyl groups is 1. The molecule has 0 bridgehead atoms. The van der Waals surface area contributed by atoms with E-state index in [9.17, 15) is 10.2 Å². The number of aliphatic hydroxyl groups excluding tert-OH is 1. The Morgan fingerprint density at radius 1 is 1.19 bits per heavy atom. The van der Waals surface area contributed by atoms with Crippen LogP contribution >= 0.6 is 0 Å². The van der Waals surface area contributed by atoms with Crippen LogP contribution in [0, 0.1) is 5.92 Å². The molecule has 3 rings (SSSR count). The largest absolute Gasteiger partial charge is 0.508 e. The second-order valence-corrected chi connectivity index (χ2v) is 8.13. The normalized spacial score (nSPS) is 12.4. The van der Waals surface area contributed by atoms with Gasteiger partial charge in [0.15, 0.2) is 17.0 Å². The Morgan fingerprint density at radius 2 is 2.00 bits per heavy atom. The van der Waals surface area contributed by atoms with E-state index in [2.05, 4.69) is 32.5 Å². The van der Waals surface area contributed by atoms with Crippen molar-refractivity contribution in [1.29, 1.82) is 0 Å². The molecule has 0 aliphatic rings. The van der Waals surface area contributed by atoms with Gasteiger partial charge >= 0.3 is 0 Å². The lowest BCUT2D eigenvalue weighted by Gasteiger charge is -2.20. The smallest absolute Gasteiger partial charge is 0.227 e. The molecular formula is C22H33N7O2. The lowest BCUT2D eigenvalue weighted by molar-refractivity contribution is 0.248. The standard InChI is InChI=1S/C22H33N7O2/c1-4-5-6-9-29-13-25-19-20(24-11-15-10-16(23)7-8-18(15)31)27-22(28-21(19)29)26-17(12-30)14(2)3/h7-8,10,13-14,17,30-31H,4-6,9,11-12,23H2,1-3H3,(H2,24,26,27,28). The molecule has 0 amide bonds. The number of fused-ring (bicyclic) bond motifs is 1. The number of anilines is 3. The first-order chi connectivity index (χ1) is 14.9. The van der Waals surface area contributed by atoms with Crippen molar-refractivity contribution in [3.8, 4) is 5.75 Å². The second-order valence-electron chi connectivity index (χ2n) is 8.13. The van der Waals surface area contributed by atoms with E-state index in [4.69, 9.17) is 5.73 Å². The summed E-state index contributed by atoms with van der Waals surface area (Å²) in [7, 11) is 0. The van der Waals surface area contributed by atoms with E-state index < -0.39 is 0 Å². The molecule has 1 atom stereocenters. The maximum atomic E-state index is 10.1. The summed E-state index contributed by atoms with van der Waals surface area (Å²) in [6.45, 7) is 7.37. The van der Waals surface area contributed by atoms with Gasteiger partial charge in [0.2, 0.25) is 5.95 Å². The fourth-order valence-corrected chi connectivity index (χ4v) is 3.34. The number of imidazole rings is 1. The molecule has 0 spiro atoms. The molecule has 9 heteroatoms. The number of hydrogen-bond acceptors (Lipinski definition) is 8. The van der Waals surface area contributed by atoms with Crippen LogP contribution in [0.15, 0.2) is 24.5 Å². The lowest BCUT2D eigenvalue weighted by atomic mass is 10.1. The van der Waals surface area contributed by atoms with Gasteiger partial charge in [0.25, 0.3) is 0 Å². The van der Waals surface area contributed by atoms with Gasteiger partial charge in [-0.25, -0.2) is 4.98 Å². The zero-order valence-corrected chi connectivity index (χ0v) is 18.5. The zero-order valence-electron chi connectivity index (χ0n) is 18.5. The van der Waals surface area contributed by atoms with Crippen molar-refractivity contribution in [1.82, 2.24) is 19.5 Å². The Hall–Kier alpha value is -3.07. The number of nitrogens with one attached hydrogen (secondary N) is 2. The van der Waals surface area contributed by atoms with Crippen LogP contribution in [-0.4, -0.2) is 42.4 Å². The number of aromatic hydroxyl groups is 1. The Balaban J connectivity index is 1.94. The number of rotatable bonds is 11. The van der Waals surface area contributed by atoms with Crippen molar-refractivity contribution in [2.45, 2.75) is 59.2 Å². The zero-order chi connectivity index (χ0) is 22.4. The van der Waals surface area contributed by atoms with Crippen LogP contribution in [0.1, 0.15) is 45.6 Å². The van der Waals surface area contributed by atoms with Crippen LogP contribution in [0.25, 0.3) is 11.2 Å². The number of aryl methyl sites for hydroxylation is 1. The van der Waals surface area contributed by atoms with E-state index in [0.717, 1.165) is 31.5 Å². The third-order valence-corrected chi connectivity index (χ3v) is 5.33. The van der Waals surface area contributed by atoms with Crippen LogP contribution in [-0.2, 0) is 13.1 Å². The topological polar surface area (TPSA) is 134 Å². The maximum absolute atomic E-state index is 10.1. The number of phenolic OH excluding ortho intramolecular Hbond substituents is 1. The predicted molar refractivity (Wildman–Crippen MR) is 124 cm³/mol. The fourth-order valence-electron chi connectivity index (χ4n) is 3.34. The number of phenols is 1. The Morgan fingerprint density at radius 3 is 2.71 bits per heavy atom. The van der Waals surface area contributed by atoms with Crippen molar-refractivity contribution in [3.05, 3.63) is 30.1 Å². The first kappa shape index (κ1) is 22.6. The summed E-state index contributed by atoms with van der Waals surface area (Å²) >= 11 is 0. The number of nitrogen functional groups attached to an aromatic ring is 1. The molecule has 1 aromatic carbocycles. The van der Waals surface area contributed by atoms with Crippen molar-refractivity contribution >= 4 is 28.6 Å². The van der Waals surface area contributed by atoms with Gasteiger partial charge in [0, 0.05) is 24.3 Å². The van der Waals surface area contributed by atoms with Gasteiger partial charge in [-0.3, -0.25) is 0 Å². The first-order valence-corrected chi connectivity index (χ1v) is 10.8. The third-order valence-electron chi connectivity index (χ3n) is 5.33. The summed E-state index contributed by atoms with van der Waals surface area (Å²) in [6, 6.07) is 4.79. The molecule has 0 radical (unpaired) electrons. The molecule has 3 aromatic rings. The molecule has 2 heterocycles. The highest BCUT2D eigenvalue weighted by Crippen LogP contribution is 2.25. The van der Waals surface area contributed by atoms with E-state index >= 15 is 0 Å². The van der Waals surface area contributed by atoms with Crippen LogP contribution in [0.4, 0.5) is 17.5 Å². The van der Waals surface area contributed by atoms with Gasteiger partial charge in [-0.15, -0.1) is 0 Å². The molecule has 0 fully saturated rings. The van der Waals surface area contributed by atoms with Gasteiger partial charge < -0.3 is 31.1 Å². The molecule has 1 unspecified atom stereocenters. The predicted octanol–water partition coefficient (Wildman–Crippen LogP) is 3.35. The monoisotopic (exact) mass is 427 g/mol. The lowest BCUT2D eigenvalue weighted by Crippen LogP contribution is -2.30. The van der Waals surface area contributed by atoms with Gasteiger partial charge in [-0.2, -0.15) is 9.97 Å². The molecule has 9 nitrogen and oxygen atoms in total. The summed E-state index contributed by atoms with van der Waals surface area (Å²) in [5.74, 6) is 1.36. The average Bonchev–Trinajstić information content (AvgIpc) is 3.15. The third kappa shape index (κ3) is 5.55. The number of aromatic nitrogens is 4. The molecule has 2 aromatic heterocycles. The molecule has 6 N–H and O–H groups in total. The molecular weight excluding hydrogens is 394 g/mol. The summed E-state index contributed by atoms with van der Waals surface area (Å²) in [6.07, 6.45) is 5.10. The number of hydrogen-bond donors (Lipinski definition) is 5. The minimum absolute atomic E-state index is 0.0191. The minimum Gasteiger partial charge on any atom is -0.508 e. The average molecular weight is 428 g/mol. The van der Waals surface area contributed by atoms with E-state index in [0.29, 0.717) is 35.1 Å². The van der Waals surface area contributed by atoms with Crippen molar-refractivity contribution in [2.75, 3.05) is 23.0 Å². The van der Waals surface area contributed by atoms with E-state index in [-0.39, 0.29) is 24.3 Å². The Labute approximate surface area is 182 Å². The van der Waals surface area contributed by atoms with E-state index in [1.165, 1.54) is 0 Å². The molecule has 0 saturated heterocycles. The number of unbranched alkanes of at least 4 members (excludes halogenated alkanes) is 2. The highest BCUT2D eigenvalue weighted by atomic mass is 16.3. The van der Waals surface area contributed by atoms with Crippen LogP contribution in [0.2, 0.25) is 0 Å². The fraction of sp³-hybridized carbons (Fsp3) is 0.500. The SMILES string of the molecule is CCCCCn1cnc2c(NCc3cc(N)ccc3O)nc(NC(CO)C(C)C)nc21. The first-order valence-electron chi connectivity index (χ1n) is 10.8. The summed E-state index contributed by atoms with van der Waals surface area (Å²) in [4.78, 5) is 13.8. The number of nitrogens with two attached hydrogens (primary N) is 1. The maximum Gasteiger partial charge on any atom is 0.227 e. The highest BCUT2D eigenvalue weighted by Gasteiger charge is 2.18. The van der Waals surface area contributed by atoms with Crippen LogP contribution < -0.4 is 16.4 Å². The van der Waals surface area contributed by atoms with Crippen LogP contribution in [0.3, 0.4) is 0 Å². The van der Waals surface area contributed by atoms with Gasteiger partial charge in [0.05, 0.1) is 19.0 Å². The summed E-state index contributed by atoms with van der Waals surface area (Å²) < 4.78 is 2.03. The molecule has 168 valence electrons. The number of benzene rings is 1. The van der Waals surface area contributed by atoms with Crippen molar-refractivity contribution in [2.24, 2.45) is 5.92 Å². The van der Waals surface area contributed by atoms with Gasteiger partial charge in [0.1, 0.15) is 5.75 Å². The molecule has 0 saturated carbocycles. The van der Waals surface area contributed by atoms with E-state index in [1.807, 2.05) is 18.4 Å². The van der Waals surface area contributed by atoms with Crippen LogP contribution in [0.5, 0.6) is 5.75 Å². The Bertz CT molecular complexity index is 1000. The highest BCUT2D eigenvalue weighted by molar-refractivity contribution is 5.84. The Kier molecular flexibility index (Phi) is 7.51. The second kappa shape index (κ2) is 10.3.